The number of aromatic nitrogens is 1. The molecule has 0 saturated heterocycles. The van der Waals surface area contributed by atoms with Gasteiger partial charge in [-0.25, -0.2) is 4.98 Å². The average Bonchev–Trinajstić information content (AvgIpc) is 1.90. The number of rotatable bonds is 1. The van der Waals surface area contributed by atoms with E-state index in [0.717, 1.165) is 0 Å². The summed E-state index contributed by atoms with van der Waals surface area (Å²) in [5.41, 5.74) is 0. The van der Waals surface area contributed by atoms with E-state index >= 15 is 0 Å². The summed E-state index contributed by atoms with van der Waals surface area (Å²) in [4.78, 5) is 7.12. The molecule has 3 nitrogen and oxygen atoms in total. The molecule has 8 heavy (non-hydrogen) atoms. The summed E-state index contributed by atoms with van der Waals surface area (Å²) in [5, 5.41) is 9.57. The Morgan fingerprint density at radius 3 is 2.75 bits per heavy atom. The van der Waals surface area contributed by atoms with Crippen LogP contribution in [0.15, 0.2) is 24.4 Å². The maximum Gasteiger partial charge on any atom is 0.259 e. The van der Waals surface area contributed by atoms with Gasteiger partial charge in [-0.2, -0.15) is 0 Å². The second kappa shape index (κ2) is 2.28. The zero-order valence-corrected chi connectivity index (χ0v) is 4.07. The molecule has 0 aliphatic carbocycles. The smallest absolute Gasteiger partial charge is 0.259 e. The molecule has 0 N–H and O–H groups in total. The predicted octanol–water partition coefficient (Wildman–Crippen LogP) is 0.806. The van der Waals surface area contributed by atoms with Crippen LogP contribution in [0.25, 0.3) is 0 Å². The molecule has 0 atom stereocenters. The van der Waals surface area contributed by atoms with Gasteiger partial charge in [-0.1, -0.05) is 6.07 Å². The van der Waals surface area contributed by atoms with Crippen LogP contribution in [0.3, 0.4) is 0 Å². The molecular weight excluding hydrogens is 106 g/mol. The summed E-state index contributed by atoms with van der Waals surface area (Å²) in [6.45, 7) is 0. The number of nitrogens with zero attached hydrogens (tertiary/aromatic N) is 1. The third-order valence-corrected chi connectivity index (χ3v) is 0.723. The first-order valence-electron chi connectivity index (χ1n) is 2.14. The van der Waals surface area contributed by atoms with Gasteiger partial charge in [-0.15, -0.1) is 0 Å². The Morgan fingerprint density at radius 1 is 1.50 bits per heavy atom. The van der Waals surface area contributed by atoms with Crippen molar-refractivity contribution in [2.75, 3.05) is 0 Å². The maximum atomic E-state index is 9.57. The summed E-state index contributed by atoms with van der Waals surface area (Å²) in [7, 11) is 0. The van der Waals surface area contributed by atoms with Gasteiger partial charge in [-0.3, -0.25) is 4.89 Å². The molecule has 3 heteroatoms. The molecule has 0 saturated carbocycles. The fourth-order valence-corrected chi connectivity index (χ4v) is 0.396. The van der Waals surface area contributed by atoms with E-state index in [0.29, 0.717) is 0 Å². The highest BCUT2D eigenvalue weighted by atomic mass is 17.1. The van der Waals surface area contributed by atoms with Gasteiger partial charge < -0.3 is 0 Å². The molecule has 0 spiro atoms. The van der Waals surface area contributed by atoms with Crippen LogP contribution in [-0.2, 0) is 5.26 Å². The van der Waals surface area contributed by atoms with E-state index in [4.69, 9.17) is 0 Å². The van der Waals surface area contributed by atoms with E-state index < -0.39 is 0 Å². The SMILES string of the molecule is [O]Oc1ccccn1. The van der Waals surface area contributed by atoms with Gasteiger partial charge in [0, 0.05) is 17.5 Å². The van der Waals surface area contributed by atoms with Crippen LogP contribution < -0.4 is 4.89 Å². The molecule has 0 amide bonds. The third kappa shape index (κ3) is 0.946. The number of hydrogen-bond donors (Lipinski definition) is 0. The van der Waals surface area contributed by atoms with E-state index in [-0.39, 0.29) is 5.88 Å². The minimum absolute atomic E-state index is 0.104. The molecule has 0 aromatic carbocycles. The van der Waals surface area contributed by atoms with Crippen LogP contribution in [0.5, 0.6) is 5.88 Å². The largest absolute Gasteiger partial charge is 0.285 e. The highest BCUT2D eigenvalue weighted by Crippen LogP contribution is 1.99. The van der Waals surface area contributed by atoms with Crippen molar-refractivity contribution in [1.29, 1.82) is 0 Å². The zero-order chi connectivity index (χ0) is 5.82. The zero-order valence-electron chi connectivity index (χ0n) is 4.07. The summed E-state index contributed by atoms with van der Waals surface area (Å²) in [6.07, 6.45) is 1.49. The Labute approximate surface area is 46.5 Å². The van der Waals surface area contributed by atoms with Crippen LogP contribution in [-0.4, -0.2) is 4.98 Å². The molecule has 0 bridgehead atoms. The van der Waals surface area contributed by atoms with E-state index in [9.17, 15) is 5.26 Å². The van der Waals surface area contributed by atoms with Crippen molar-refractivity contribution in [3.63, 3.8) is 0 Å². The minimum atomic E-state index is 0.104. The molecule has 1 aromatic heterocycles. The quantitative estimate of drug-likeness (QED) is 0.396. The highest BCUT2D eigenvalue weighted by molar-refractivity contribution is 5.07. The second-order valence-electron chi connectivity index (χ2n) is 1.25. The van der Waals surface area contributed by atoms with Crippen molar-refractivity contribution in [3.05, 3.63) is 24.4 Å². The Morgan fingerprint density at radius 2 is 2.38 bits per heavy atom. The first kappa shape index (κ1) is 5.05. The lowest BCUT2D eigenvalue weighted by atomic mass is 10.5. The molecule has 0 aliphatic rings. The molecule has 1 aromatic rings. The molecule has 0 fully saturated rings. The molecular formula is C5H4NO2. The van der Waals surface area contributed by atoms with Gasteiger partial charge in [0.2, 0.25) is 0 Å². The summed E-state index contributed by atoms with van der Waals surface area (Å²) in [6, 6.07) is 4.88. The van der Waals surface area contributed by atoms with Gasteiger partial charge in [0.05, 0.1) is 0 Å². The van der Waals surface area contributed by atoms with E-state index in [2.05, 4.69) is 9.87 Å². The Kier molecular flexibility index (Phi) is 1.44. The van der Waals surface area contributed by atoms with E-state index in [1.807, 2.05) is 0 Å². The van der Waals surface area contributed by atoms with Crippen LogP contribution >= 0.6 is 0 Å². The van der Waals surface area contributed by atoms with Crippen LogP contribution in [0.1, 0.15) is 0 Å². The molecule has 1 heterocycles. The van der Waals surface area contributed by atoms with Crippen molar-refractivity contribution < 1.29 is 10.1 Å². The summed E-state index contributed by atoms with van der Waals surface area (Å²) in [5.74, 6) is 0.104. The van der Waals surface area contributed by atoms with Crippen molar-refractivity contribution >= 4 is 0 Å². The monoisotopic (exact) mass is 110 g/mol. The van der Waals surface area contributed by atoms with Gasteiger partial charge in [-0.05, 0) is 6.07 Å². The number of hydrogen-bond acceptors (Lipinski definition) is 2. The molecule has 0 aliphatic heterocycles. The van der Waals surface area contributed by atoms with Crippen molar-refractivity contribution in [2.24, 2.45) is 0 Å². The predicted molar refractivity (Wildman–Crippen MR) is 25.6 cm³/mol. The fraction of sp³-hybridized carbons (Fsp3) is 0. The maximum absolute atomic E-state index is 9.57. The Bertz CT molecular complexity index is 152. The molecule has 1 rings (SSSR count). The van der Waals surface area contributed by atoms with Crippen LogP contribution in [0, 0.1) is 0 Å². The van der Waals surface area contributed by atoms with Crippen molar-refractivity contribution in [1.82, 2.24) is 4.98 Å². The lowest BCUT2D eigenvalue weighted by Gasteiger charge is -1.86. The number of pyridine rings is 1. The fourth-order valence-electron chi connectivity index (χ4n) is 0.396. The first-order chi connectivity index (χ1) is 3.93. The van der Waals surface area contributed by atoms with Crippen molar-refractivity contribution in [2.45, 2.75) is 0 Å². The minimum Gasteiger partial charge on any atom is -0.285 e. The summed E-state index contributed by atoms with van der Waals surface area (Å²) < 4.78 is 0. The first-order valence-corrected chi connectivity index (χ1v) is 2.14. The Balaban J connectivity index is 2.83. The van der Waals surface area contributed by atoms with Gasteiger partial charge in [0.1, 0.15) is 0 Å². The van der Waals surface area contributed by atoms with Gasteiger partial charge >= 0.3 is 0 Å². The normalized spacial score (nSPS) is 8.62. The van der Waals surface area contributed by atoms with Crippen LogP contribution in [0.4, 0.5) is 0 Å². The lowest BCUT2D eigenvalue weighted by Crippen LogP contribution is -1.82. The lowest BCUT2D eigenvalue weighted by molar-refractivity contribution is -0.212. The van der Waals surface area contributed by atoms with Crippen LogP contribution in [0.2, 0.25) is 0 Å². The average molecular weight is 110 g/mol. The van der Waals surface area contributed by atoms with E-state index in [1.54, 1.807) is 12.1 Å². The molecule has 1 radical (unpaired) electrons. The third-order valence-electron chi connectivity index (χ3n) is 0.723. The standard InChI is InChI=1S/C5H4NO2/c7-8-5-3-1-2-4-6-5/h1-4H. The van der Waals surface area contributed by atoms with E-state index in [1.165, 1.54) is 12.3 Å². The summed E-state index contributed by atoms with van der Waals surface area (Å²) >= 11 is 0. The highest BCUT2D eigenvalue weighted by Gasteiger charge is 1.86. The topological polar surface area (TPSA) is 42.0 Å². The van der Waals surface area contributed by atoms with Crippen molar-refractivity contribution in [3.8, 4) is 5.88 Å². The molecule has 41 valence electrons. The second-order valence-corrected chi connectivity index (χ2v) is 1.25. The van der Waals surface area contributed by atoms with Gasteiger partial charge in [0.15, 0.2) is 0 Å². The Hall–Kier alpha value is -1.09. The van der Waals surface area contributed by atoms with Gasteiger partial charge in [0.25, 0.3) is 5.88 Å². The molecule has 0 unspecified atom stereocenters.